The van der Waals surface area contributed by atoms with E-state index in [1.165, 1.54) is 9.52 Å². The number of aryl methyl sites for hydroxylation is 4. The number of hydrogen-bond donors (Lipinski definition) is 1. The Morgan fingerprint density at radius 1 is 0.571 bits per heavy atom. The molecule has 3 aliphatic rings. The zero-order valence-electron chi connectivity index (χ0n) is 57.4. The van der Waals surface area contributed by atoms with Gasteiger partial charge in [-0.2, -0.15) is 44.7 Å². The maximum Gasteiger partial charge on any atom is 0.359 e. The van der Waals surface area contributed by atoms with Crippen molar-refractivity contribution >= 4 is 175 Å². The molecule has 1 saturated heterocycles. The van der Waals surface area contributed by atoms with Crippen LogP contribution in [0.3, 0.4) is 0 Å². The first kappa shape index (κ1) is 73.2. The maximum absolute atomic E-state index is 12.6. The van der Waals surface area contributed by atoms with Crippen molar-refractivity contribution in [2.75, 3.05) is 30.3 Å². The number of ether oxygens (including phenoxy) is 3. The Bertz CT molecular complexity index is 6170. The van der Waals surface area contributed by atoms with Gasteiger partial charge in [0.2, 0.25) is 0 Å². The number of aromatic nitrogens is 11. The molecule has 10 heterocycles. The number of rotatable bonds is 8. The van der Waals surface area contributed by atoms with E-state index >= 15 is 0 Å². The van der Waals surface area contributed by atoms with Gasteiger partial charge in [-0.05, 0) is 120 Å². The summed E-state index contributed by atoms with van der Waals surface area (Å²) in [4.78, 5) is 103. The third-order valence-electron chi connectivity index (χ3n) is 16.0. The number of hydrogen-bond acceptors (Lipinski definition) is 19. The van der Waals surface area contributed by atoms with Crippen LogP contribution in [0.4, 0.5) is 17.1 Å². The molecule has 528 valence electrons. The number of anilines is 2. The summed E-state index contributed by atoms with van der Waals surface area (Å²) >= 11 is 18.7. The molecule has 7 aromatic heterocycles. The Morgan fingerprint density at radius 2 is 1.10 bits per heavy atom. The zero-order chi connectivity index (χ0) is 75.4. The topological polar surface area (TPSA) is 311 Å². The van der Waals surface area contributed by atoms with Crippen LogP contribution in [0.25, 0.3) is 76.2 Å². The molecule has 0 bridgehead atoms. The number of aliphatic imine (C=N–C) groups is 1. The highest BCUT2D eigenvalue weighted by molar-refractivity contribution is 6.53. The summed E-state index contributed by atoms with van der Waals surface area (Å²) in [6.07, 6.45) is -0.201. The van der Waals surface area contributed by atoms with Crippen molar-refractivity contribution in [3.8, 4) is 5.75 Å². The number of amides is 3. The van der Waals surface area contributed by atoms with Crippen molar-refractivity contribution in [2.45, 2.75) is 48.0 Å². The number of para-hydroxylation sites is 6. The van der Waals surface area contributed by atoms with Gasteiger partial charge in [0.25, 0.3) is 29.2 Å². The quantitative estimate of drug-likeness (QED) is 0.0845. The van der Waals surface area contributed by atoms with Crippen LogP contribution < -0.4 is 52.1 Å². The summed E-state index contributed by atoms with van der Waals surface area (Å²) in [5.74, 6) is -1.81. The number of amidine groups is 1. The molecule has 0 unspecified atom stereocenters. The van der Waals surface area contributed by atoms with Crippen LogP contribution in [0.1, 0.15) is 58.2 Å². The van der Waals surface area contributed by atoms with E-state index in [0.717, 1.165) is 59.6 Å². The fraction of sp³-hybridized carbons (Fsp3) is 0.133. The van der Waals surface area contributed by atoms with Gasteiger partial charge in [-0.25, -0.2) is 43.6 Å². The number of imidazole rings is 2. The van der Waals surface area contributed by atoms with Crippen LogP contribution in [0.2, 0.25) is 15.1 Å². The average Bonchev–Trinajstić information content (AvgIpc) is 1.68. The van der Waals surface area contributed by atoms with Crippen molar-refractivity contribution in [3.63, 3.8) is 0 Å². The standard InChI is InChI=1S/C18H14Cl3N3O2.C13H11N3O2.C13H12N2O3.C12H9N3O.C11H9N3.C8H7N3O2/c1-9-6-13(20)16(14(21)7-9)24-18(25)10(2)17(23-24)22-15-5-4-11(26-3)8-12(15)19;1-3-18-13(17)11-8(2)12-14-9-6-4-5-7-10(9)16(12)15-11;1-3-18-13(17)11-9(2)12(16)15(14-11)10-7-5-4-6-8-10;1-7-8(2)14-15-11(7)13-10-6-4-3-5-9(10)12(15)16;1-7-8(2)13-14-10-6-4-3-5-9(10)12-11(7)14;1-4-5(2)10-11-7(13)3-6(12)9-8(4)11/h4-8H,2H2,1,3H3,(H,22,23);4-7H,2-3H2,1H3;4-8H,2-3H2,1H3;3-6H,1H2,2H3;3-6H,1H2,2H3;1,3H2,2H3. The minimum absolute atomic E-state index is 0.0364. The number of hydrazone groups is 1. The maximum atomic E-state index is 12.6. The second-order valence-corrected chi connectivity index (χ2v) is 24.3. The van der Waals surface area contributed by atoms with Crippen molar-refractivity contribution in [3.05, 3.63) is 238 Å². The van der Waals surface area contributed by atoms with Gasteiger partial charge in [-0.1, -0.05) is 129 Å². The minimum atomic E-state index is -0.630. The monoisotopic (exact) mass is 1470 g/mol. The summed E-state index contributed by atoms with van der Waals surface area (Å²) in [7, 11) is 1.54. The molecular weight excluding hydrogens is 1410 g/mol. The number of hydrazine groups is 1. The molecule has 0 atom stereocenters. The highest BCUT2D eigenvalue weighted by Crippen LogP contribution is 2.37. The van der Waals surface area contributed by atoms with Crippen LogP contribution in [0.5, 0.6) is 5.75 Å². The fourth-order valence-electron chi connectivity index (χ4n) is 10.6. The van der Waals surface area contributed by atoms with E-state index < -0.39 is 29.7 Å². The number of benzene rings is 6. The lowest BCUT2D eigenvalue weighted by Gasteiger charge is -2.19. The molecule has 0 aliphatic carbocycles. The highest BCUT2D eigenvalue weighted by Gasteiger charge is 2.36. The first-order valence-corrected chi connectivity index (χ1v) is 33.0. The van der Waals surface area contributed by atoms with Gasteiger partial charge < -0.3 is 14.2 Å². The fourth-order valence-corrected chi connectivity index (χ4v) is 11.6. The predicted molar refractivity (Wildman–Crippen MR) is 402 cm³/mol. The molecule has 13 aromatic rings. The van der Waals surface area contributed by atoms with Gasteiger partial charge in [0.1, 0.15) is 17.9 Å². The normalized spacial score (nSPS) is 13.5. The van der Waals surface area contributed by atoms with E-state index in [2.05, 4.69) is 95.3 Å². The number of esters is 2. The van der Waals surface area contributed by atoms with Gasteiger partial charge in [0.05, 0.1) is 108 Å². The molecule has 6 aromatic carbocycles. The molecule has 1 N–H and O–H groups in total. The zero-order valence-corrected chi connectivity index (χ0v) is 59.7. The van der Waals surface area contributed by atoms with E-state index in [9.17, 15) is 33.6 Å². The number of nitrogens with one attached hydrogen (secondary N) is 1. The van der Waals surface area contributed by atoms with Gasteiger partial charge in [0, 0.05) is 26.9 Å². The van der Waals surface area contributed by atoms with Crippen molar-refractivity contribution in [2.24, 2.45) is 15.1 Å². The number of carbonyl (C=O) groups is 6. The smallest absolute Gasteiger partial charge is 0.359 e. The Kier molecular flexibility index (Phi) is 21.4. The number of methoxy groups -OCH3 is 1. The van der Waals surface area contributed by atoms with Crippen LogP contribution in [-0.4, -0.2) is 121 Å². The summed E-state index contributed by atoms with van der Waals surface area (Å²) < 4.78 is 20.8. The lowest BCUT2D eigenvalue weighted by molar-refractivity contribution is -0.135. The van der Waals surface area contributed by atoms with Crippen molar-refractivity contribution in [1.82, 2.24) is 59.0 Å². The molecule has 16 rings (SSSR count). The molecule has 105 heavy (non-hydrogen) atoms. The third kappa shape index (κ3) is 14.8. The first-order valence-electron chi connectivity index (χ1n) is 31.9. The Hall–Kier alpha value is -13.0. The van der Waals surface area contributed by atoms with E-state index in [-0.39, 0.29) is 58.4 Å². The van der Waals surface area contributed by atoms with Crippen molar-refractivity contribution < 1.29 is 43.0 Å². The van der Waals surface area contributed by atoms with Gasteiger partial charge in [-0.3, -0.25) is 29.4 Å². The van der Waals surface area contributed by atoms with E-state index in [4.69, 9.17) is 49.0 Å². The molecule has 3 aliphatic heterocycles. The number of carbonyl (C=O) groups excluding carboxylic acids is 6. The summed E-state index contributed by atoms with van der Waals surface area (Å²) in [5.41, 5.74) is 14.4. The summed E-state index contributed by atoms with van der Waals surface area (Å²) in [6.45, 7) is 34.1. The molecular formula is C75H62Cl3N17O10. The number of fused-ring (bicyclic) bond motifs is 9. The Labute approximate surface area is 610 Å². The lowest BCUT2D eigenvalue weighted by atomic mass is 10.2. The molecule has 0 spiro atoms. The molecule has 3 amide bonds. The number of nitrogens with zero attached hydrogens (tertiary/aromatic N) is 16. The minimum Gasteiger partial charge on any atom is -0.497 e. The highest BCUT2D eigenvalue weighted by atomic mass is 35.5. The van der Waals surface area contributed by atoms with Gasteiger partial charge in [-0.15, -0.1) is 0 Å². The molecule has 0 saturated carbocycles. The van der Waals surface area contributed by atoms with Gasteiger partial charge in [0.15, 0.2) is 39.7 Å². The molecule has 30 heteroatoms. The Balaban J connectivity index is 0.000000128. The summed E-state index contributed by atoms with van der Waals surface area (Å²) in [6, 6.07) is 40.1. The van der Waals surface area contributed by atoms with Crippen LogP contribution in [0.15, 0.2) is 178 Å². The SMILES string of the molecule is C=C1C(=O)N(c2c(Cl)cc(C)cc2Cl)NC1=Nc1ccc(OC)cc1Cl.C=C1C(=O)N(c2ccccc2)N=C1C(=O)OCC.C=c1c(C(=O)OCC)nn2c1nc1ccccc12.C=c1c(C)nn2c(=O)c3ccccc3nc12.C=c1c(C)nn2c1=NC(=O)CC2=O.C=c1c(C)nn2c1nc1ccccc12. The molecule has 1 fully saturated rings. The largest absolute Gasteiger partial charge is 0.497 e. The number of halogens is 3. The van der Waals surface area contributed by atoms with Gasteiger partial charge >= 0.3 is 11.9 Å². The van der Waals surface area contributed by atoms with E-state index in [1.54, 1.807) is 93.1 Å². The van der Waals surface area contributed by atoms with E-state index in [1.807, 2.05) is 98.1 Å². The average molecular weight is 1470 g/mol. The second kappa shape index (κ2) is 30.7. The predicted octanol–water partition coefficient (Wildman–Crippen LogP) is 8.59. The molecule has 27 nitrogen and oxygen atoms in total. The molecule has 0 radical (unpaired) electrons. The van der Waals surface area contributed by atoms with Crippen LogP contribution >= 0.6 is 34.8 Å². The van der Waals surface area contributed by atoms with Crippen LogP contribution in [0, 0.1) is 27.7 Å². The second-order valence-electron chi connectivity index (χ2n) is 23.1. The summed E-state index contributed by atoms with van der Waals surface area (Å²) in [5, 5.41) is 27.3. The van der Waals surface area contributed by atoms with Crippen LogP contribution in [-0.2, 0) is 28.7 Å². The lowest BCUT2D eigenvalue weighted by Crippen LogP contribution is -2.39. The van der Waals surface area contributed by atoms with Crippen molar-refractivity contribution in [1.29, 1.82) is 0 Å². The van der Waals surface area contributed by atoms with E-state index in [0.29, 0.717) is 88.0 Å². The Morgan fingerprint density at radius 3 is 1.71 bits per heavy atom. The third-order valence-corrected chi connectivity index (χ3v) is 16.9. The first-order chi connectivity index (χ1) is 50.2.